The van der Waals surface area contributed by atoms with Gasteiger partial charge in [-0.25, -0.2) is 0 Å². The minimum atomic E-state index is 0.157. The number of ether oxygens (including phenoxy) is 1. The summed E-state index contributed by atoms with van der Waals surface area (Å²) in [5.74, 6) is 0. The van der Waals surface area contributed by atoms with Crippen LogP contribution < -0.4 is 5.32 Å². The van der Waals surface area contributed by atoms with Crippen LogP contribution >= 0.6 is 0 Å². The molecule has 0 aliphatic carbocycles. The van der Waals surface area contributed by atoms with Crippen LogP contribution in [0.1, 0.15) is 26.0 Å². The summed E-state index contributed by atoms with van der Waals surface area (Å²) in [5, 5.41) is 9.51. The molecule has 1 aromatic carbocycles. The van der Waals surface area contributed by atoms with Crippen LogP contribution in [0, 0.1) is 5.41 Å². The lowest BCUT2D eigenvalue weighted by Gasteiger charge is -2.31. The molecule has 114 valence electrons. The predicted molar refractivity (Wildman–Crippen MR) is 85.5 cm³/mol. The average Bonchev–Trinajstić information content (AvgIpc) is 3.02. The molecule has 1 saturated heterocycles. The Hall–Kier alpha value is -1.39. The Morgan fingerprint density at radius 3 is 2.90 bits per heavy atom. The standard InChI is InChI=1S/C17H25N3O/c1-4-20-16-8-6-5-7-14(16)15(19-20)11-17(12-18-3)9-10-21-13(17)2/h5-8,13,18H,4,9-12H2,1-3H3. The second-order valence-corrected chi connectivity index (χ2v) is 6.11. The normalized spacial score (nSPS) is 25.8. The molecule has 0 radical (unpaired) electrons. The molecule has 1 fully saturated rings. The van der Waals surface area contributed by atoms with Crippen molar-refractivity contribution in [3.05, 3.63) is 30.0 Å². The molecule has 1 N–H and O–H groups in total. The Morgan fingerprint density at radius 2 is 2.24 bits per heavy atom. The van der Waals surface area contributed by atoms with E-state index in [2.05, 4.69) is 48.1 Å². The fourth-order valence-corrected chi connectivity index (χ4v) is 3.60. The summed E-state index contributed by atoms with van der Waals surface area (Å²) < 4.78 is 7.97. The van der Waals surface area contributed by atoms with Crippen molar-refractivity contribution in [2.24, 2.45) is 5.41 Å². The minimum absolute atomic E-state index is 0.157. The van der Waals surface area contributed by atoms with Gasteiger partial charge in [0.05, 0.1) is 17.3 Å². The number of benzene rings is 1. The Morgan fingerprint density at radius 1 is 1.43 bits per heavy atom. The number of fused-ring (bicyclic) bond motifs is 1. The largest absolute Gasteiger partial charge is 0.378 e. The van der Waals surface area contributed by atoms with Gasteiger partial charge < -0.3 is 10.1 Å². The maximum Gasteiger partial charge on any atom is 0.0710 e. The van der Waals surface area contributed by atoms with Gasteiger partial charge in [0.1, 0.15) is 0 Å². The lowest BCUT2D eigenvalue weighted by molar-refractivity contribution is 0.0636. The van der Waals surface area contributed by atoms with Crippen molar-refractivity contribution in [1.29, 1.82) is 0 Å². The van der Waals surface area contributed by atoms with Crippen molar-refractivity contribution in [3.63, 3.8) is 0 Å². The molecule has 1 aromatic heterocycles. The summed E-state index contributed by atoms with van der Waals surface area (Å²) >= 11 is 0. The number of aromatic nitrogens is 2. The van der Waals surface area contributed by atoms with Gasteiger partial charge in [0.25, 0.3) is 0 Å². The van der Waals surface area contributed by atoms with Crippen LogP contribution in [-0.2, 0) is 17.7 Å². The fourth-order valence-electron chi connectivity index (χ4n) is 3.60. The smallest absolute Gasteiger partial charge is 0.0710 e. The molecule has 1 aliphatic heterocycles. The Bertz CT molecular complexity index is 622. The maximum atomic E-state index is 5.86. The Balaban J connectivity index is 2.00. The molecule has 1 aliphatic rings. The van der Waals surface area contributed by atoms with Crippen LogP contribution in [0.3, 0.4) is 0 Å². The van der Waals surface area contributed by atoms with Crippen LogP contribution in [-0.4, -0.2) is 36.1 Å². The van der Waals surface area contributed by atoms with E-state index in [1.807, 2.05) is 7.05 Å². The van der Waals surface area contributed by atoms with Gasteiger partial charge in [0.15, 0.2) is 0 Å². The molecule has 2 atom stereocenters. The SMILES string of the molecule is CCn1nc(CC2(CNC)CCOC2C)c2ccccc21. The minimum Gasteiger partial charge on any atom is -0.378 e. The number of nitrogens with zero attached hydrogens (tertiary/aromatic N) is 2. The summed E-state index contributed by atoms with van der Waals surface area (Å²) in [4.78, 5) is 0. The van der Waals surface area contributed by atoms with E-state index in [4.69, 9.17) is 9.84 Å². The molecule has 2 heterocycles. The van der Waals surface area contributed by atoms with Crippen LogP contribution in [0.4, 0.5) is 0 Å². The van der Waals surface area contributed by atoms with Gasteiger partial charge in [-0.3, -0.25) is 4.68 Å². The van der Waals surface area contributed by atoms with Crippen molar-refractivity contribution in [2.45, 2.75) is 39.3 Å². The third-order valence-electron chi connectivity index (χ3n) is 4.91. The molecule has 0 spiro atoms. The number of para-hydroxylation sites is 1. The predicted octanol–water partition coefficient (Wildman–Crippen LogP) is 2.61. The van der Waals surface area contributed by atoms with Crippen molar-refractivity contribution < 1.29 is 4.74 Å². The van der Waals surface area contributed by atoms with E-state index < -0.39 is 0 Å². The summed E-state index contributed by atoms with van der Waals surface area (Å²) in [7, 11) is 2.02. The molecule has 3 rings (SSSR count). The molecule has 0 bridgehead atoms. The molecular weight excluding hydrogens is 262 g/mol. The number of nitrogens with one attached hydrogen (secondary N) is 1. The number of rotatable bonds is 5. The second kappa shape index (κ2) is 5.78. The highest BCUT2D eigenvalue weighted by atomic mass is 16.5. The molecule has 21 heavy (non-hydrogen) atoms. The van der Waals surface area contributed by atoms with E-state index in [0.717, 1.165) is 32.5 Å². The van der Waals surface area contributed by atoms with Crippen LogP contribution in [0.25, 0.3) is 10.9 Å². The Kier molecular flexibility index (Phi) is 4.00. The highest BCUT2D eigenvalue weighted by Gasteiger charge is 2.41. The van der Waals surface area contributed by atoms with Crippen LogP contribution in [0.5, 0.6) is 0 Å². The van der Waals surface area contributed by atoms with Crippen LogP contribution in [0.15, 0.2) is 24.3 Å². The summed E-state index contributed by atoms with van der Waals surface area (Å²) in [5.41, 5.74) is 2.60. The average molecular weight is 287 g/mol. The third kappa shape index (κ3) is 2.47. The van der Waals surface area contributed by atoms with E-state index in [9.17, 15) is 0 Å². The van der Waals surface area contributed by atoms with Crippen molar-refractivity contribution in [3.8, 4) is 0 Å². The van der Waals surface area contributed by atoms with Gasteiger partial charge in [-0.2, -0.15) is 5.10 Å². The zero-order valence-corrected chi connectivity index (χ0v) is 13.2. The number of hydrogen-bond donors (Lipinski definition) is 1. The first-order chi connectivity index (χ1) is 10.2. The van der Waals surface area contributed by atoms with E-state index in [1.165, 1.54) is 16.6 Å². The van der Waals surface area contributed by atoms with Crippen molar-refractivity contribution in [1.82, 2.24) is 15.1 Å². The fraction of sp³-hybridized carbons (Fsp3) is 0.588. The van der Waals surface area contributed by atoms with Crippen LogP contribution in [0.2, 0.25) is 0 Å². The molecule has 0 amide bonds. The van der Waals surface area contributed by atoms with E-state index in [1.54, 1.807) is 0 Å². The number of aryl methyl sites for hydroxylation is 1. The zero-order valence-electron chi connectivity index (χ0n) is 13.2. The lowest BCUT2D eigenvalue weighted by atomic mass is 9.77. The monoisotopic (exact) mass is 287 g/mol. The van der Waals surface area contributed by atoms with E-state index >= 15 is 0 Å². The molecule has 0 saturated carbocycles. The van der Waals surface area contributed by atoms with Gasteiger partial charge in [0, 0.05) is 36.9 Å². The van der Waals surface area contributed by atoms with Gasteiger partial charge in [-0.15, -0.1) is 0 Å². The molecular formula is C17H25N3O. The van der Waals surface area contributed by atoms with Gasteiger partial charge >= 0.3 is 0 Å². The Labute approximate surface area is 126 Å². The number of hydrogen-bond acceptors (Lipinski definition) is 3. The summed E-state index contributed by atoms with van der Waals surface area (Å²) in [6, 6.07) is 8.55. The van der Waals surface area contributed by atoms with Gasteiger partial charge in [0.2, 0.25) is 0 Å². The molecule has 2 unspecified atom stereocenters. The van der Waals surface area contributed by atoms with Crippen molar-refractivity contribution in [2.75, 3.05) is 20.2 Å². The summed E-state index contributed by atoms with van der Waals surface area (Å²) in [6.07, 6.45) is 2.35. The first kappa shape index (κ1) is 14.5. The molecule has 2 aromatic rings. The summed E-state index contributed by atoms with van der Waals surface area (Å²) in [6.45, 7) is 7.08. The maximum absolute atomic E-state index is 5.86. The molecule has 4 heteroatoms. The van der Waals surface area contributed by atoms with Gasteiger partial charge in [-0.05, 0) is 33.4 Å². The highest BCUT2D eigenvalue weighted by Crippen LogP contribution is 2.38. The van der Waals surface area contributed by atoms with E-state index in [-0.39, 0.29) is 11.5 Å². The third-order valence-corrected chi connectivity index (χ3v) is 4.91. The van der Waals surface area contributed by atoms with E-state index in [0.29, 0.717) is 0 Å². The second-order valence-electron chi connectivity index (χ2n) is 6.11. The topological polar surface area (TPSA) is 39.1 Å². The lowest BCUT2D eigenvalue weighted by Crippen LogP contribution is -2.40. The zero-order chi connectivity index (χ0) is 14.9. The quantitative estimate of drug-likeness (QED) is 0.919. The highest BCUT2D eigenvalue weighted by molar-refractivity contribution is 5.82. The van der Waals surface area contributed by atoms with Crippen molar-refractivity contribution >= 4 is 10.9 Å². The molecule has 4 nitrogen and oxygen atoms in total. The first-order valence-corrected chi connectivity index (χ1v) is 7.91. The first-order valence-electron chi connectivity index (χ1n) is 7.91. The van der Waals surface area contributed by atoms with Gasteiger partial charge in [-0.1, -0.05) is 18.2 Å².